The summed E-state index contributed by atoms with van der Waals surface area (Å²) >= 11 is 1.58. The predicted octanol–water partition coefficient (Wildman–Crippen LogP) is 6.25. The number of nitrogens with one attached hydrogen (secondary N) is 2. The number of ether oxygens (including phenoxy) is 2. The summed E-state index contributed by atoms with van der Waals surface area (Å²) in [6, 6.07) is 20.8. The number of hydrogen-bond acceptors (Lipinski definition) is 6. The van der Waals surface area contributed by atoms with E-state index in [1.807, 2.05) is 73.7 Å². The number of fused-ring (bicyclic) bond motifs is 1. The Kier molecular flexibility index (Phi) is 5.94. The number of pyridine rings is 1. The van der Waals surface area contributed by atoms with Crippen LogP contribution >= 0.6 is 11.3 Å². The van der Waals surface area contributed by atoms with E-state index in [-0.39, 0.29) is 18.7 Å². The van der Waals surface area contributed by atoms with E-state index in [9.17, 15) is 4.79 Å². The molecule has 2 aromatic heterocycles. The second-order valence-electron chi connectivity index (χ2n) is 8.20. The van der Waals surface area contributed by atoms with Crippen LogP contribution in [0.15, 0.2) is 66.7 Å². The van der Waals surface area contributed by atoms with E-state index in [0.717, 1.165) is 43.8 Å². The van der Waals surface area contributed by atoms with Crippen molar-refractivity contribution in [3.8, 4) is 11.5 Å². The Morgan fingerprint density at radius 3 is 2.56 bits per heavy atom. The molecule has 0 saturated carbocycles. The summed E-state index contributed by atoms with van der Waals surface area (Å²) in [5, 5.41) is 7.56. The second kappa shape index (κ2) is 9.19. The van der Waals surface area contributed by atoms with E-state index in [4.69, 9.17) is 9.47 Å². The molecule has 1 amide bonds. The molecule has 6 nitrogen and oxygen atoms in total. The summed E-state index contributed by atoms with van der Waals surface area (Å²) in [6.07, 6.45) is 0. The summed E-state index contributed by atoms with van der Waals surface area (Å²) in [6.45, 7) is 6.34. The maximum absolute atomic E-state index is 13.0. The number of benzene rings is 2. The van der Waals surface area contributed by atoms with Crippen LogP contribution < -0.4 is 20.1 Å². The summed E-state index contributed by atoms with van der Waals surface area (Å²) in [5.41, 5.74) is 4.66. The number of aryl methyl sites for hydroxylation is 2. The van der Waals surface area contributed by atoms with Gasteiger partial charge in [-0.1, -0.05) is 30.3 Å². The van der Waals surface area contributed by atoms with E-state index < -0.39 is 0 Å². The van der Waals surface area contributed by atoms with Crippen molar-refractivity contribution in [2.75, 3.05) is 17.4 Å². The molecule has 0 saturated heterocycles. The quantitative estimate of drug-likeness (QED) is 0.348. The Bertz CT molecular complexity index is 1350. The van der Waals surface area contributed by atoms with Crippen LogP contribution in [0.4, 0.5) is 10.8 Å². The lowest BCUT2D eigenvalue weighted by atomic mass is 9.96. The standard InChI is InChI=1S/C27H25N3O3S/c1-16-8-7-11-23(28-16)29-25(20-12-13-21-22(14-20)33-15-32-21)24-17(2)18(3)34-27(24)30-26(31)19-9-5-4-6-10-19/h4-14,25H,15H2,1-3H3,(H,28,29)(H,30,31)/t25-/m0/s1. The highest BCUT2D eigenvalue weighted by molar-refractivity contribution is 7.16. The van der Waals surface area contributed by atoms with Crippen molar-refractivity contribution in [1.82, 2.24) is 4.98 Å². The van der Waals surface area contributed by atoms with Crippen LogP contribution in [0.5, 0.6) is 11.5 Å². The van der Waals surface area contributed by atoms with Crippen LogP contribution in [0.1, 0.15) is 43.7 Å². The van der Waals surface area contributed by atoms with Crippen molar-refractivity contribution in [2.45, 2.75) is 26.8 Å². The zero-order valence-electron chi connectivity index (χ0n) is 19.2. The number of anilines is 2. The zero-order valence-corrected chi connectivity index (χ0v) is 20.0. The van der Waals surface area contributed by atoms with E-state index in [0.29, 0.717) is 11.3 Å². The molecule has 0 bridgehead atoms. The fraction of sp³-hybridized carbons (Fsp3) is 0.185. The third-order valence-electron chi connectivity index (χ3n) is 5.89. The molecule has 0 radical (unpaired) electrons. The number of aromatic nitrogens is 1. The molecule has 0 unspecified atom stereocenters. The molecule has 2 N–H and O–H groups in total. The van der Waals surface area contributed by atoms with E-state index in [2.05, 4.69) is 29.5 Å². The van der Waals surface area contributed by atoms with Crippen molar-refractivity contribution in [3.05, 3.63) is 99.6 Å². The first kappa shape index (κ1) is 22.0. The molecule has 4 aromatic rings. The lowest BCUT2D eigenvalue weighted by molar-refractivity contribution is 0.102. The number of carbonyl (C=O) groups excluding carboxylic acids is 1. The minimum atomic E-state index is -0.264. The van der Waals surface area contributed by atoms with Gasteiger partial charge in [-0.15, -0.1) is 11.3 Å². The van der Waals surface area contributed by atoms with Crippen LogP contribution in [0.3, 0.4) is 0 Å². The topological polar surface area (TPSA) is 72.5 Å². The molecule has 0 spiro atoms. The molecule has 172 valence electrons. The van der Waals surface area contributed by atoms with Crippen molar-refractivity contribution in [2.24, 2.45) is 0 Å². The lowest BCUT2D eigenvalue weighted by Gasteiger charge is -2.23. The minimum Gasteiger partial charge on any atom is -0.454 e. The summed E-state index contributed by atoms with van der Waals surface area (Å²) in [4.78, 5) is 18.8. The van der Waals surface area contributed by atoms with Crippen molar-refractivity contribution in [3.63, 3.8) is 0 Å². The third kappa shape index (κ3) is 4.34. The summed E-state index contributed by atoms with van der Waals surface area (Å²) < 4.78 is 11.2. The van der Waals surface area contributed by atoms with Gasteiger partial charge in [0.05, 0.1) is 6.04 Å². The number of nitrogens with zero attached hydrogens (tertiary/aromatic N) is 1. The Balaban J connectivity index is 1.59. The Hall–Kier alpha value is -3.84. The van der Waals surface area contributed by atoms with E-state index in [1.54, 1.807) is 11.3 Å². The number of amides is 1. The smallest absolute Gasteiger partial charge is 0.256 e. The van der Waals surface area contributed by atoms with Gasteiger partial charge in [0.15, 0.2) is 11.5 Å². The van der Waals surface area contributed by atoms with Crippen LogP contribution in [0.25, 0.3) is 0 Å². The van der Waals surface area contributed by atoms with Crippen LogP contribution in [0, 0.1) is 20.8 Å². The number of thiophene rings is 1. The minimum absolute atomic E-state index is 0.138. The lowest BCUT2D eigenvalue weighted by Crippen LogP contribution is -2.18. The van der Waals surface area contributed by atoms with Crippen molar-refractivity contribution < 1.29 is 14.3 Å². The first-order valence-corrected chi connectivity index (χ1v) is 11.9. The second-order valence-corrected chi connectivity index (χ2v) is 9.43. The highest BCUT2D eigenvalue weighted by Gasteiger charge is 2.27. The highest BCUT2D eigenvalue weighted by Crippen LogP contribution is 2.43. The van der Waals surface area contributed by atoms with Gasteiger partial charge in [-0.05, 0) is 68.3 Å². The molecule has 0 aliphatic carbocycles. The van der Waals surface area contributed by atoms with Gasteiger partial charge >= 0.3 is 0 Å². The van der Waals surface area contributed by atoms with Gasteiger partial charge in [0, 0.05) is 21.7 Å². The number of rotatable bonds is 6. The molecule has 5 rings (SSSR count). The van der Waals surface area contributed by atoms with Crippen LogP contribution in [-0.2, 0) is 0 Å². The molecule has 7 heteroatoms. The fourth-order valence-corrected chi connectivity index (χ4v) is 5.13. The Labute approximate surface area is 202 Å². The predicted molar refractivity (Wildman–Crippen MR) is 135 cm³/mol. The van der Waals surface area contributed by atoms with Crippen molar-refractivity contribution >= 4 is 28.1 Å². The third-order valence-corrected chi connectivity index (χ3v) is 7.03. The first-order valence-electron chi connectivity index (χ1n) is 11.1. The summed E-state index contributed by atoms with van der Waals surface area (Å²) in [5.74, 6) is 2.06. The SMILES string of the molecule is Cc1cccc(N[C@@H](c2ccc3c(c2)OCO3)c2c(NC(=O)c3ccccc3)sc(C)c2C)n1. The van der Waals surface area contributed by atoms with Gasteiger partial charge in [-0.25, -0.2) is 4.98 Å². The average Bonchev–Trinajstić information content (AvgIpc) is 3.42. The molecule has 2 aromatic carbocycles. The molecular formula is C27H25N3O3S. The first-order chi connectivity index (χ1) is 16.5. The van der Waals surface area contributed by atoms with Gasteiger partial charge in [-0.3, -0.25) is 4.79 Å². The molecule has 0 fully saturated rings. The maximum atomic E-state index is 13.0. The Morgan fingerprint density at radius 2 is 1.76 bits per heavy atom. The fourth-order valence-electron chi connectivity index (χ4n) is 4.04. The maximum Gasteiger partial charge on any atom is 0.256 e. The zero-order chi connectivity index (χ0) is 23.7. The van der Waals surface area contributed by atoms with Gasteiger partial charge in [0.1, 0.15) is 10.8 Å². The van der Waals surface area contributed by atoms with Crippen molar-refractivity contribution in [1.29, 1.82) is 0 Å². The van der Waals surface area contributed by atoms with E-state index >= 15 is 0 Å². The normalized spacial score (nSPS) is 12.9. The summed E-state index contributed by atoms with van der Waals surface area (Å²) in [7, 11) is 0. The molecule has 3 heterocycles. The molecule has 1 aliphatic rings. The number of carbonyl (C=O) groups is 1. The van der Waals surface area contributed by atoms with Crippen LogP contribution in [-0.4, -0.2) is 17.7 Å². The van der Waals surface area contributed by atoms with Crippen LogP contribution in [0.2, 0.25) is 0 Å². The molecule has 1 aliphatic heterocycles. The molecule has 1 atom stereocenters. The van der Waals surface area contributed by atoms with Gasteiger partial charge < -0.3 is 20.1 Å². The largest absolute Gasteiger partial charge is 0.454 e. The van der Waals surface area contributed by atoms with Gasteiger partial charge in [0.2, 0.25) is 6.79 Å². The van der Waals surface area contributed by atoms with Gasteiger partial charge in [-0.2, -0.15) is 0 Å². The number of hydrogen-bond donors (Lipinski definition) is 2. The highest BCUT2D eigenvalue weighted by atomic mass is 32.1. The molecular weight excluding hydrogens is 446 g/mol. The Morgan fingerprint density at radius 1 is 0.971 bits per heavy atom. The molecule has 34 heavy (non-hydrogen) atoms. The van der Waals surface area contributed by atoms with Gasteiger partial charge in [0.25, 0.3) is 5.91 Å². The average molecular weight is 472 g/mol. The van der Waals surface area contributed by atoms with E-state index in [1.165, 1.54) is 0 Å². The monoisotopic (exact) mass is 471 g/mol.